The molecular formula is C12H14FNO3. The normalized spacial score (nSPS) is 20.9. The summed E-state index contributed by atoms with van der Waals surface area (Å²) >= 11 is 0. The van der Waals surface area contributed by atoms with Crippen LogP contribution in [0.3, 0.4) is 0 Å². The number of carboxylic acids is 1. The van der Waals surface area contributed by atoms with E-state index >= 15 is 0 Å². The van der Waals surface area contributed by atoms with Gasteiger partial charge in [0.2, 0.25) is 0 Å². The Kier molecular flexibility index (Phi) is 3.02. The van der Waals surface area contributed by atoms with Gasteiger partial charge in [0, 0.05) is 25.2 Å². The summed E-state index contributed by atoms with van der Waals surface area (Å²) in [5.74, 6) is -2.23. The highest BCUT2D eigenvalue weighted by atomic mass is 19.1. The number of anilines is 1. The predicted molar refractivity (Wildman–Crippen MR) is 60.7 cm³/mol. The number of carboxylic acid groups (broad SMARTS) is 1. The Balaban J connectivity index is 2.44. The zero-order valence-corrected chi connectivity index (χ0v) is 9.43. The molecule has 17 heavy (non-hydrogen) atoms. The average molecular weight is 239 g/mol. The lowest BCUT2D eigenvalue weighted by Crippen LogP contribution is -2.35. The van der Waals surface area contributed by atoms with E-state index in [1.54, 1.807) is 6.07 Å². The first-order valence-electron chi connectivity index (χ1n) is 5.42. The van der Waals surface area contributed by atoms with Crippen LogP contribution in [0.25, 0.3) is 0 Å². The monoisotopic (exact) mass is 239 g/mol. The predicted octanol–water partition coefficient (Wildman–Crippen LogP) is 1.19. The summed E-state index contributed by atoms with van der Waals surface area (Å²) in [6, 6.07) is 4.26. The summed E-state index contributed by atoms with van der Waals surface area (Å²) in [5.41, 5.74) is 1.34. The Hall–Kier alpha value is -1.62. The topological polar surface area (TPSA) is 60.8 Å². The summed E-state index contributed by atoms with van der Waals surface area (Å²) < 4.78 is 13.2. The number of nitrogens with zero attached hydrogens (tertiary/aromatic N) is 1. The van der Waals surface area contributed by atoms with Crippen LogP contribution < -0.4 is 4.90 Å². The number of benzene rings is 1. The van der Waals surface area contributed by atoms with Crippen molar-refractivity contribution in [2.24, 2.45) is 0 Å². The van der Waals surface area contributed by atoms with Gasteiger partial charge in [-0.25, -0.2) is 9.18 Å². The molecule has 4 nitrogen and oxygen atoms in total. The molecular weight excluding hydrogens is 225 g/mol. The van der Waals surface area contributed by atoms with Crippen molar-refractivity contribution in [1.29, 1.82) is 0 Å². The van der Waals surface area contributed by atoms with E-state index < -0.39 is 23.8 Å². The smallest absolute Gasteiger partial charge is 0.333 e. The van der Waals surface area contributed by atoms with Crippen LogP contribution in [-0.4, -0.2) is 35.9 Å². The summed E-state index contributed by atoms with van der Waals surface area (Å²) in [5, 5.41) is 18.5. The van der Waals surface area contributed by atoms with Crippen LogP contribution in [0.1, 0.15) is 17.9 Å². The van der Waals surface area contributed by atoms with Gasteiger partial charge in [-0.3, -0.25) is 0 Å². The molecule has 0 aromatic heterocycles. The van der Waals surface area contributed by atoms with Gasteiger partial charge in [0.25, 0.3) is 0 Å². The number of aliphatic hydroxyl groups excluding tert-OH is 1. The lowest BCUT2D eigenvalue weighted by Gasteiger charge is -2.34. The quantitative estimate of drug-likeness (QED) is 0.814. The van der Waals surface area contributed by atoms with Crippen molar-refractivity contribution in [3.63, 3.8) is 0 Å². The lowest BCUT2D eigenvalue weighted by molar-refractivity contribution is -0.148. The van der Waals surface area contributed by atoms with Crippen LogP contribution in [0.4, 0.5) is 10.1 Å². The molecule has 0 radical (unpaired) electrons. The first kappa shape index (κ1) is 11.9. The lowest BCUT2D eigenvalue weighted by atomic mass is 9.85. The second-order valence-electron chi connectivity index (χ2n) is 4.30. The number of halogens is 1. The first-order chi connectivity index (χ1) is 8.00. The Morgan fingerprint density at radius 2 is 2.29 bits per heavy atom. The SMILES string of the molecule is CN1CCC(C(O)C(=O)O)c2cc(F)ccc21. The van der Waals surface area contributed by atoms with Gasteiger partial charge >= 0.3 is 5.97 Å². The summed E-state index contributed by atoms with van der Waals surface area (Å²) in [6.07, 6.45) is -0.982. The first-order valence-corrected chi connectivity index (χ1v) is 5.42. The fourth-order valence-corrected chi connectivity index (χ4v) is 2.28. The van der Waals surface area contributed by atoms with Crippen molar-refractivity contribution >= 4 is 11.7 Å². The van der Waals surface area contributed by atoms with E-state index in [2.05, 4.69) is 0 Å². The van der Waals surface area contributed by atoms with Gasteiger partial charge in [-0.2, -0.15) is 0 Å². The Morgan fingerprint density at radius 3 is 2.94 bits per heavy atom. The Bertz CT molecular complexity index is 449. The van der Waals surface area contributed by atoms with Gasteiger partial charge in [0.15, 0.2) is 6.10 Å². The van der Waals surface area contributed by atoms with Gasteiger partial charge in [0.05, 0.1) is 0 Å². The molecule has 5 heteroatoms. The molecule has 1 heterocycles. The molecule has 2 unspecified atom stereocenters. The molecule has 0 saturated heterocycles. The van der Waals surface area contributed by atoms with Crippen LogP contribution in [0.2, 0.25) is 0 Å². The number of carbonyl (C=O) groups is 1. The van der Waals surface area contributed by atoms with E-state index in [0.717, 1.165) is 5.69 Å². The third-order valence-electron chi connectivity index (χ3n) is 3.21. The maximum Gasteiger partial charge on any atom is 0.333 e. The van der Waals surface area contributed by atoms with Crippen molar-refractivity contribution in [1.82, 2.24) is 0 Å². The van der Waals surface area contributed by atoms with E-state index in [0.29, 0.717) is 18.5 Å². The van der Waals surface area contributed by atoms with E-state index in [1.165, 1.54) is 12.1 Å². The molecule has 0 bridgehead atoms. The zero-order chi connectivity index (χ0) is 12.6. The Morgan fingerprint density at radius 1 is 1.59 bits per heavy atom. The second kappa shape index (κ2) is 4.33. The standard InChI is InChI=1S/C12H14FNO3/c1-14-5-4-8(11(15)12(16)17)9-6-7(13)2-3-10(9)14/h2-3,6,8,11,15H,4-5H2,1H3,(H,16,17). The van der Waals surface area contributed by atoms with Crippen LogP contribution in [0.15, 0.2) is 18.2 Å². The van der Waals surface area contributed by atoms with Crippen LogP contribution in [0, 0.1) is 5.82 Å². The summed E-state index contributed by atoms with van der Waals surface area (Å²) in [4.78, 5) is 12.7. The highest BCUT2D eigenvalue weighted by Gasteiger charge is 2.33. The Labute approximate surface area is 98.3 Å². The number of aliphatic hydroxyl groups is 1. The van der Waals surface area contributed by atoms with E-state index in [1.807, 2.05) is 11.9 Å². The molecule has 1 aliphatic rings. The molecule has 0 amide bonds. The van der Waals surface area contributed by atoms with Gasteiger partial charge in [0.1, 0.15) is 5.82 Å². The minimum atomic E-state index is -1.48. The van der Waals surface area contributed by atoms with Crippen LogP contribution >= 0.6 is 0 Å². The molecule has 2 N–H and O–H groups in total. The van der Waals surface area contributed by atoms with Gasteiger partial charge < -0.3 is 15.1 Å². The van der Waals surface area contributed by atoms with Gasteiger partial charge in [-0.05, 0) is 30.2 Å². The van der Waals surface area contributed by atoms with Crippen LogP contribution in [0.5, 0.6) is 0 Å². The number of fused-ring (bicyclic) bond motifs is 1. The molecule has 2 rings (SSSR count). The zero-order valence-electron chi connectivity index (χ0n) is 9.43. The van der Waals surface area contributed by atoms with E-state index in [4.69, 9.17) is 5.11 Å². The van der Waals surface area contributed by atoms with Crippen molar-refractivity contribution in [3.8, 4) is 0 Å². The average Bonchev–Trinajstić information content (AvgIpc) is 2.28. The third-order valence-corrected chi connectivity index (χ3v) is 3.21. The maximum atomic E-state index is 13.2. The fourth-order valence-electron chi connectivity index (χ4n) is 2.28. The molecule has 0 fully saturated rings. The number of aliphatic carboxylic acids is 1. The molecule has 1 aromatic rings. The van der Waals surface area contributed by atoms with Crippen molar-refractivity contribution in [2.45, 2.75) is 18.4 Å². The number of rotatable bonds is 2. The van der Waals surface area contributed by atoms with Crippen molar-refractivity contribution < 1.29 is 19.4 Å². The minimum Gasteiger partial charge on any atom is -0.479 e. The molecule has 1 aromatic carbocycles. The number of hydrogen-bond donors (Lipinski definition) is 2. The van der Waals surface area contributed by atoms with Gasteiger partial charge in [-0.1, -0.05) is 0 Å². The minimum absolute atomic E-state index is 0.415. The highest BCUT2D eigenvalue weighted by molar-refractivity contribution is 5.74. The van der Waals surface area contributed by atoms with Crippen molar-refractivity contribution in [2.75, 3.05) is 18.5 Å². The van der Waals surface area contributed by atoms with Crippen molar-refractivity contribution in [3.05, 3.63) is 29.6 Å². The molecule has 0 saturated carbocycles. The molecule has 1 aliphatic heterocycles. The molecule has 0 aliphatic carbocycles. The molecule has 0 spiro atoms. The summed E-state index contributed by atoms with van der Waals surface area (Å²) in [6.45, 7) is 0.646. The van der Waals surface area contributed by atoms with E-state index in [9.17, 15) is 14.3 Å². The van der Waals surface area contributed by atoms with E-state index in [-0.39, 0.29) is 0 Å². The maximum absolute atomic E-state index is 13.2. The third kappa shape index (κ3) is 2.10. The van der Waals surface area contributed by atoms with Crippen LogP contribution in [-0.2, 0) is 4.79 Å². The highest BCUT2D eigenvalue weighted by Crippen LogP contribution is 2.37. The number of hydrogen-bond acceptors (Lipinski definition) is 3. The van der Waals surface area contributed by atoms with Gasteiger partial charge in [-0.15, -0.1) is 0 Å². The summed E-state index contributed by atoms with van der Waals surface area (Å²) in [7, 11) is 1.86. The second-order valence-corrected chi connectivity index (χ2v) is 4.30. The molecule has 2 atom stereocenters. The molecule has 92 valence electrons. The largest absolute Gasteiger partial charge is 0.479 e. The fraction of sp³-hybridized carbons (Fsp3) is 0.417.